The molecule has 0 aliphatic carbocycles. The van der Waals surface area contributed by atoms with Gasteiger partial charge in [-0.1, -0.05) is 18.5 Å². The molecule has 0 radical (unpaired) electrons. The highest BCUT2D eigenvalue weighted by molar-refractivity contribution is 7.80. The number of thiocarbonyl (C=S) groups is 1. The van der Waals surface area contributed by atoms with Crippen molar-refractivity contribution in [2.45, 2.75) is 26.4 Å². The summed E-state index contributed by atoms with van der Waals surface area (Å²) >= 11 is 10.8. The van der Waals surface area contributed by atoms with E-state index >= 15 is 0 Å². The number of amides is 1. The number of benzene rings is 2. The summed E-state index contributed by atoms with van der Waals surface area (Å²) in [4.78, 5) is 12.2. The van der Waals surface area contributed by atoms with Gasteiger partial charge in [0.25, 0.3) is 5.91 Å². The first-order valence-electron chi connectivity index (χ1n) is 7.73. The number of ether oxygens (including phenoxy) is 1. The first-order valence-corrected chi connectivity index (χ1v) is 8.51. The van der Waals surface area contributed by atoms with Crippen LogP contribution in [0.2, 0.25) is 5.02 Å². The van der Waals surface area contributed by atoms with Crippen molar-refractivity contribution in [1.29, 1.82) is 0 Å². The summed E-state index contributed by atoms with van der Waals surface area (Å²) in [5, 5.41) is 5.39. The van der Waals surface area contributed by atoms with Gasteiger partial charge in [0.05, 0.1) is 11.1 Å². The number of nitrogens with one attached hydrogen (secondary N) is 2. The van der Waals surface area contributed by atoms with Crippen LogP contribution in [0.1, 0.15) is 30.6 Å². The molecule has 2 aromatic carbocycles. The van der Waals surface area contributed by atoms with Gasteiger partial charge >= 0.3 is 0 Å². The topological polar surface area (TPSA) is 50.4 Å². The van der Waals surface area contributed by atoms with Crippen LogP contribution in [0.25, 0.3) is 0 Å². The van der Waals surface area contributed by atoms with Crippen molar-refractivity contribution >= 4 is 40.5 Å². The van der Waals surface area contributed by atoms with Crippen LogP contribution in [0, 0.1) is 5.82 Å². The minimum absolute atomic E-state index is 0.0315. The van der Waals surface area contributed by atoms with E-state index in [1.165, 1.54) is 18.2 Å². The van der Waals surface area contributed by atoms with Crippen LogP contribution in [0.5, 0.6) is 5.75 Å². The van der Waals surface area contributed by atoms with E-state index in [4.69, 9.17) is 28.6 Å². The molecular formula is C18H18ClFN2O2S. The van der Waals surface area contributed by atoms with Gasteiger partial charge in [-0.15, -0.1) is 0 Å². The molecule has 0 unspecified atom stereocenters. The second-order valence-electron chi connectivity index (χ2n) is 5.40. The third-order valence-corrected chi connectivity index (χ3v) is 3.93. The highest BCUT2D eigenvalue weighted by Crippen LogP contribution is 2.19. The molecule has 0 aliphatic heterocycles. The maximum absolute atomic E-state index is 13.1. The summed E-state index contributed by atoms with van der Waals surface area (Å²) in [6.45, 7) is 4.02. The minimum Gasteiger partial charge on any atom is -0.491 e. The van der Waals surface area contributed by atoms with E-state index in [2.05, 4.69) is 10.6 Å². The Balaban J connectivity index is 1.94. The summed E-state index contributed by atoms with van der Waals surface area (Å²) in [5.41, 5.74) is 0.923. The predicted octanol–water partition coefficient (Wildman–Crippen LogP) is 4.78. The van der Waals surface area contributed by atoms with Gasteiger partial charge in [-0.25, -0.2) is 4.39 Å². The molecule has 0 fully saturated rings. The van der Waals surface area contributed by atoms with Crippen LogP contribution in [0.4, 0.5) is 10.1 Å². The summed E-state index contributed by atoms with van der Waals surface area (Å²) < 4.78 is 18.8. The lowest BCUT2D eigenvalue weighted by Crippen LogP contribution is -2.34. The number of hydrogen-bond acceptors (Lipinski definition) is 3. The average Bonchev–Trinajstić information content (AvgIpc) is 2.58. The molecule has 0 aliphatic rings. The number of anilines is 1. The number of halogens is 2. The number of carbonyl (C=O) groups is 1. The average molecular weight is 381 g/mol. The van der Waals surface area contributed by atoms with E-state index in [9.17, 15) is 9.18 Å². The Kier molecular flexibility index (Phi) is 6.73. The minimum atomic E-state index is -0.526. The molecular weight excluding hydrogens is 363 g/mol. The van der Waals surface area contributed by atoms with Crippen molar-refractivity contribution in [2.75, 3.05) is 5.32 Å². The second-order valence-corrected chi connectivity index (χ2v) is 6.21. The van der Waals surface area contributed by atoms with Gasteiger partial charge in [-0.05, 0) is 68.0 Å². The molecule has 2 aromatic rings. The van der Waals surface area contributed by atoms with Crippen LogP contribution in [0.3, 0.4) is 0 Å². The van der Waals surface area contributed by atoms with E-state index in [0.717, 1.165) is 6.42 Å². The molecule has 0 spiro atoms. The van der Waals surface area contributed by atoms with Crippen LogP contribution in [-0.2, 0) is 0 Å². The van der Waals surface area contributed by atoms with Crippen molar-refractivity contribution in [3.63, 3.8) is 0 Å². The summed E-state index contributed by atoms with van der Waals surface area (Å²) in [6.07, 6.45) is 1.01. The Hall–Kier alpha value is -2.18. The van der Waals surface area contributed by atoms with E-state index < -0.39 is 5.82 Å². The maximum Gasteiger partial charge on any atom is 0.257 e. The Morgan fingerprint density at radius 3 is 2.56 bits per heavy atom. The van der Waals surface area contributed by atoms with E-state index in [1.807, 2.05) is 13.8 Å². The van der Waals surface area contributed by atoms with Crippen LogP contribution < -0.4 is 15.4 Å². The largest absolute Gasteiger partial charge is 0.491 e. The van der Waals surface area contributed by atoms with Crippen molar-refractivity contribution in [1.82, 2.24) is 5.32 Å². The molecule has 132 valence electrons. The fourth-order valence-corrected chi connectivity index (χ4v) is 2.30. The van der Waals surface area contributed by atoms with Crippen LogP contribution >= 0.6 is 23.8 Å². The first kappa shape index (κ1) is 19.1. The zero-order chi connectivity index (χ0) is 18.4. The summed E-state index contributed by atoms with van der Waals surface area (Å²) in [7, 11) is 0. The molecule has 0 heterocycles. The zero-order valence-electron chi connectivity index (χ0n) is 13.8. The summed E-state index contributed by atoms with van der Waals surface area (Å²) in [5.74, 6) is -0.185. The van der Waals surface area contributed by atoms with E-state index in [0.29, 0.717) is 17.0 Å². The Morgan fingerprint density at radius 2 is 1.96 bits per heavy atom. The monoisotopic (exact) mass is 380 g/mol. The molecule has 4 nitrogen and oxygen atoms in total. The van der Waals surface area contributed by atoms with Gasteiger partial charge in [0.15, 0.2) is 5.11 Å². The molecule has 0 bridgehead atoms. The Labute approximate surface area is 156 Å². The predicted molar refractivity (Wildman–Crippen MR) is 102 cm³/mol. The normalized spacial score (nSPS) is 11.5. The standard InChI is InChI=1S/C18H18ClFN2O2S/c1-3-11(2)24-14-7-4-12(5-8-14)17(23)22-18(25)21-13-6-9-16(20)15(19)10-13/h4-11H,3H2,1-2H3,(H2,21,22,23,25)/t11-/m0/s1. The lowest BCUT2D eigenvalue weighted by atomic mass is 10.2. The second kappa shape index (κ2) is 8.78. The zero-order valence-corrected chi connectivity index (χ0v) is 15.4. The number of hydrogen-bond donors (Lipinski definition) is 2. The molecule has 0 saturated carbocycles. The van der Waals surface area contributed by atoms with Crippen molar-refractivity contribution in [3.8, 4) is 5.75 Å². The quantitative estimate of drug-likeness (QED) is 0.733. The lowest BCUT2D eigenvalue weighted by molar-refractivity contribution is 0.0977. The van der Waals surface area contributed by atoms with Crippen molar-refractivity contribution in [2.24, 2.45) is 0 Å². The molecule has 0 aromatic heterocycles. The third kappa shape index (κ3) is 5.69. The highest BCUT2D eigenvalue weighted by Gasteiger charge is 2.10. The van der Waals surface area contributed by atoms with Crippen LogP contribution in [-0.4, -0.2) is 17.1 Å². The highest BCUT2D eigenvalue weighted by atomic mass is 35.5. The van der Waals surface area contributed by atoms with Gasteiger partial charge in [-0.2, -0.15) is 0 Å². The van der Waals surface area contributed by atoms with E-state index in [-0.39, 0.29) is 22.1 Å². The van der Waals surface area contributed by atoms with Gasteiger partial charge in [0.1, 0.15) is 11.6 Å². The van der Waals surface area contributed by atoms with Gasteiger partial charge in [-0.3, -0.25) is 10.1 Å². The Bertz CT molecular complexity index is 768. The smallest absolute Gasteiger partial charge is 0.257 e. The molecule has 7 heteroatoms. The van der Waals surface area contributed by atoms with Gasteiger partial charge in [0.2, 0.25) is 0 Å². The number of rotatable bonds is 5. The molecule has 0 saturated heterocycles. The third-order valence-electron chi connectivity index (χ3n) is 3.43. The fourth-order valence-electron chi connectivity index (χ4n) is 1.91. The maximum atomic E-state index is 13.1. The Morgan fingerprint density at radius 1 is 1.28 bits per heavy atom. The summed E-state index contributed by atoms with van der Waals surface area (Å²) in [6, 6.07) is 10.9. The first-order chi connectivity index (χ1) is 11.9. The van der Waals surface area contributed by atoms with Crippen molar-refractivity contribution < 1.29 is 13.9 Å². The molecule has 2 rings (SSSR count). The SMILES string of the molecule is CC[C@H](C)Oc1ccc(C(=O)NC(=S)Nc2ccc(F)c(Cl)c2)cc1. The molecule has 2 N–H and O–H groups in total. The molecule has 1 amide bonds. The molecule has 1 atom stereocenters. The van der Waals surface area contributed by atoms with Crippen molar-refractivity contribution in [3.05, 3.63) is 58.9 Å². The lowest BCUT2D eigenvalue weighted by Gasteiger charge is -2.13. The fraction of sp³-hybridized carbons (Fsp3) is 0.222. The van der Waals surface area contributed by atoms with E-state index in [1.54, 1.807) is 24.3 Å². The molecule has 25 heavy (non-hydrogen) atoms. The van der Waals surface area contributed by atoms with Gasteiger partial charge < -0.3 is 10.1 Å². The number of carbonyl (C=O) groups excluding carboxylic acids is 1. The van der Waals surface area contributed by atoms with Gasteiger partial charge in [0, 0.05) is 11.3 Å². The van der Waals surface area contributed by atoms with Crippen LogP contribution in [0.15, 0.2) is 42.5 Å².